The summed E-state index contributed by atoms with van der Waals surface area (Å²) < 4.78 is 5.89. The molecule has 1 heterocycles. The number of ether oxygens (including phenoxy) is 1. The van der Waals surface area contributed by atoms with Crippen LogP contribution in [0.5, 0.6) is 0 Å². The SMILES string of the molecule is CCCN(C)C(=O)c1cccc(N(C)CCCCCC(=O)N(C)CCN2CCC(OC(=O)Cc3ccccc3-c3ccccc3)CC2)c1. The summed E-state index contributed by atoms with van der Waals surface area (Å²) in [6.45, 7) is 6.94. The van der Waals surface area contributed by atoms with Crippen molar-refractivity contribution in [2.75, 3.05) is 65.3 Å². The molecular weight excluding hydrogens is 600 g/mol. The van der Waals surface area contributed by atoms with Crippen molar-refractivity contribution in [2.45, 2.75) is 64.4 Å². The predicted molar refractivity (Wildman–Crippen MR) is 194 cm³/mol. The first-order valence-corrected chi connectivity index (χ1v) is 17.6. The number of anilines is 1. The van der Waals surface area contributed by atoms with Crippen LogP contribution in [0, 0.1) is 0 Å². The first kappa shape index (κ1) is 36.7. The topological polar surface area (TPSA) is 73.4 Å². The molecule has 1 aliphatic heterocycles. The molecule has 0 saturated carbocycles. The van der Waals surface area contributed by atoms with Gasteiger partial charge in [0.25, 0.3) is 5.91 Å². The van der Waals surface area contributed by atoms with Crippen molar-refractivity contribution in [1.82, 2.24) is 14.7 Å². The van der Waals surface area contributed by atoms with Crippen LogP contribution in [0.4, 0.5) is 5.69 Å². The molecule has 1 saturated heterocycles. The van der Waals surface area contributed by atoms with E-state index in [2.05, 4.69) is 42.0 Å². The van der Waals surface area contributed by atoms with E-state index >= 15 is 0 Å². The van der Waals surface area contributed by atoms with Crippen LogP contribution in [0.25, 0.3) is 11.1 Å². The van der Waals surface area contributed by atoms with Crippen molar-refractivity contribution in [1.29, 1.82) is 0 Å². The second-order valence-corrected chi connectivity index (χ2v) is 13.1. The van der Waals surface area contributed by atoms with Gasteiger partial charge in [-0.3, -0.25) is 14.4 Å². The number of unbranched alkanes of at least 4 members (excludes halogenated alkanes) is 2. The third-order valence-corrected chi connectivity index (χ3v) is 9.27. The van der Waals surface area contributed by atoms with E-state index in [0.29, 0.717) is 18.5 Å². The van der Waals surface area contributed by atoms with E-state index in [0.717, 1.165) is 93.6 Å². The number of likely N-dealkylation sites (tertiary alicyclic amines) is 1. The van der Waals surface area contributed by atoms with Crippen LogP contribution in [-0.4, -0.2) is 99.0 Å². The number of hydrogen-bond acceptors (Lipinski definition) is 6. The summed E-state index contributed by atoms with van der Waals surface area (Å²) in [6, 6.07) is 26.0. The van der Waals surface area contributed by atoms with Crippen LogP contribution in [-0.2, 0) is 20.7 Å². The third-order valence-electron chi connectivity index (χ3n) is 9.27. The summed E-state index contributed by atoms with van der Waals surface area (Å²) in [4.78, 5) is 46.4. The molecule has 48 heavy (non-hydrogen) atoms. The molecule has 0 unspecified atom stereocenters. The number of nitrogens with zero attached hydrogens (tertiary/aromatic N) is 4. The minimum absolute atomic E-state index is 0.0530. The molecule has 8 nitrogen and oxygen atoms in total. The summed E-state index contributed by atoms with van der Waals surface area (Å²) in [5.74, 6) is 0.0629. The van der Waals surface area contributed by atoms with Gasteiger partial charge in [-0.05, 0) is 67.0 Å². The highest BCUT2D eigenvalue weighted by atomic mass is 16.5. The van der Waals surface area contributed by atoms with E-state index in [9.17, 15) is 14.4 Å². The summed E-state index contributed by atoms with van der Waals surface area (Å²) in [5.41, 5.74) is 4.90. The molecule has 3 aromatic carbocycles. The first-order chi connectivity index (χ1) is 23.2. The lowest BCUT2D eigenvalue weighted by Crippen LogP contribution is -2.42. The van der Waals surface area contributed by atoms with Gasteiger partial charge in [-0.15, -0.1) is 0 Å². The fourth-order valence-corrected chi connectivity index (χ4v) is 6.28. The van der Waals surface area contributed by atoms with Gasteiger partial charge >= 0.3 is 5.97 Å². The summed E-state index contributed by atoms with van der Waals surface area (Å²) >= 11 is 0. The maximum absolute atomic E-state index is 12.8. The number of carbonyl (C=O) groups excluding carboxylic acids is 3. The van der Waals surface area contributed by atoms with Crippen LogP contribution in [0.1, 0.15) is 67.8 Å². The Morgan fingerprint density at radius 3 is 2.27 bits per heavy atom. The van der Waals surface area contributed by atoms with Crippen LogP contribution < -0.4 is 4.90 Å². The first-order valence-electron chi connectivity index (χ1n) is 17.6. The normalized spacial score (nSPS) is 13.6. The molecule has 0 bridgehead atoms. The number of benzene rings is 3. The van der Waals surface area contributed by atoms with E-state index in [1.807, 2.05) is 79.7 Å². The Morgan fingerprint density at radius 1 is 0.792 bits per heavy atom. The Kier molecular flexibility index (Phi) is 14.5. The average molecular weight is 655 g/mol. The number of esters is 1. The van der Waals surface area contributed by atoms with Crippen molar-refractivity contribution >= 4 is 23.5 Å². The van der Waals surface area contributed by atoms with Gasteiger partial charge in [0.05, 0.1) is 6.42 Å². The molecule has 258 valence electrons. The molecule has 1 fully saturated rings. The number of piperidine rings is 1. The Morgan fingerprint density at radius 2 is 1.52 bits per heavy atom. The second kappa shape index (κ2) is 19.0. The highest BCUT2D eigenvalue weighted by molar-refractivity contribution is 5.95. The number of carbonyl (C=O) groups is 3. The molecule has 0 N–H and O–H groups in total. The Hall–Kier alpha value is -4.17. The van der Waals surface area contributed by atoms with Crippen LogP contribution >= 0.6 is 0 Å². The number of hydrogen-bond donors (Lipinski definition) is 0. The molecule has 8 heteroatoms. The quantitative estimate of drug-likeness (QED) is 0.122. The lowest BCUT2D eigenvalue weighted by molar-refractivity contribution is -0.150. The maximum Gasteiger partial charge on any atom is 0.310 e. The van der Waals surface area contributed by atoms with Gasteiger partial charge in [0.15, 0.2) is 0 Å². The van der Waals surface area contributed by atoms with Gasteiger partial charge in [0, 0.05) is 78.1 Å². The molecule has 3 aromatic rings. The van der Waals surface area contributed by atoms with Gasteiger partial charge in [-0.2, -0.15) is 0 Å². The minimum Gasteiger partial charge on any atom is -0.462 e. The Bertz CT molecular complexity index is 1450. The van der Waals surface area contributed by atoms with Crippen molar-refractivity contribution in [3.8, 4) is 11.1 Å². The second-order valence-electron chi connectivity index (χ2n) is 13.1. The van der Waals surface area contributed by atoms with Gasteiger partial charge in [-0.1, -0.05) is 74.0 Å². The fraction of sp³-hybridized carbons (Fsp3) is 0.475. The molecule has 0 atom stereocenters. The van der Waals surface area contributed by atoms with Gasteiger partial charge < -0.3 is 24.3 Å². The smallest absolute Gasteiger partial charge is 0.310 e. The van der Waals surface area contributed by atoms with E-state index in [1.54, 1.807) is 4.90 Å². The molecule has 2 amide bonds. The van der Waals surface area contributed by atoms with Crippen molar-refractivity contribution in [3.05, 3.63) is 90.0 Å². The van der Waals surface area contributed by atoms with Crippen molar-refractivity contribution in [3.63, 3.8) is 0 Å². The van der Waals surface area contributed by atoms with E-state index < -0.39 is 0 Å². The molecule has 4 rings (SSSR count). The summed E-state index contributed by atoms with van der Waals surface area (Å²) in [5, 5.41) is 0. The molecule has 0 aliphatic carbocycles. The van der Waals surface area contributed by atoms with Crippen LogP contribution in [0.3, 0.4) is 0 Å². The molecule has 1 aliphatic rings. The average Bonchev–Trinajstić information content (AvgIpc) is 3.11. The monoisotopic (exact) mass is 654 g/mol. The van der Waals surface area contributed by atoms with Gasteiger partial charge in [-0.25, -0.2) is 0 Å². The van der Waals surface area contributed by atoms with Crippen LogP contribution in [0.2, 0.25) is 0 Å². The number of likely N-dealkylation sites (N-methyl/N-ethyl adjacent to an activating group) is 1. The standard InChI is InChI=1S/C40H54N4O4/c1-5-24-43(4)40(47)34-18-14-19-35(30-34)41(2)25-13-7-10-21-38(45)42(3)28-29-44-26-22-36(23-27-44)48-39(46)31-33-17-11-12-20-37(33)32-15-8-6-9-16-32/h6,8-9,11-12,14-20,30,36H,5,7,10,13,21-29,31H2,1-4H3. The Labute approximate surface area is 287 Å². The Balaban J connectivity index is 1.08. The molecular formula is C40H54N4O4. The summed E-state index contributed by atoms with van der Waals surface area (Å²) in [6.07, 6.45) is 6.16. The molecule has 0 spiro atoms. The molecule has 0 aromatic heterocycles. The highest BCUT2D eigenvalue weighted by Gasteiger charge is 2.23. The van der Waals surface area contributed by atoms with Crippen LogP contribution in [0.15, 0.2) is 78.9 Å². The zero-order chi connectivity index (χ0) is 34.3. The largest absolute Gasteiger partial charge is 0.462 e. The lowest BCUT2D eigenvalue weighted by atomic mass is 9.98. The minimum atomic E-state index is -0.176. The van der Waals surface area contributed by atoms with Crippen molar-refractivity contribution in [2.24, 2.45) is 0 Å². The highest BCUT2D eigenvalue weighted by Crippen LogP contribution is 2.25. The van der Waals surface area contributed by atoms with Gasteiger partial charge in [0.1, 0.15) is 6.10 Å². The third kappa shape index (κ3) is 11.2. The number of amides is 2. The fourth-order valence-electron chi connectivity index (χ4n) is 6.28. The maximum atomic E-state index is 12.8. The zero-order valence-corrected chi connectivity index (χ0v) is 29.4. The zero-order valence-electron chi connectivity index (χ0n) is 29.4. The predicted octanol–water partition coefficient (Wildman–Crippen LogP) is 6.54. The molecule has 0 radical (unpaired) electrons. The lowest BCUT2D eigenvalue weighted by Gasteiger charge is -2.32. The van der Waals surface area contributed by atoms with Crippen molar-refractivity contribution < 1.29 is 19.1 Å². The van der Waals surface area contributed by atoms with E-state index in [4.69, 9.17) is 4.74 Å². The van der Waals surface area contributed by atoms with E-state index in [1.165, 1.54) is 0 Å². The van der Waals surface area contributed by atoms with Gasteiger partial charge in [0.2, 0.25) is 5.91 Å². The number of rotatable bonds is 17. The van der Waals surface area contributed by atoms with E-state index in [-0.39, 0.29) is 30.3 Å². The summed E-state index contributed by atoms with van der Waals surface area (Å²) in [7, 11) is 5.79.